The minimum absolute atomic E-state index is 0. The van der Waals surface area contributed by atoms with Crippen molar-refractivity contribution in [1.82, 2.24) is 0 Å². The molecule has 2 nitrogen and oxygen atoms in total. The summed E-state index contributed by atoms with van der Waals surface area (Å²) in [4.78, 5) is 0. The molecule has 0 aromatic heterocycles. The SMILES string of the molecule is Cl.NC[C@@H]1CCc2cccc(-c3ccccc3Cl)c2O1. The van der Waals surface area contributed by atoms with Gasteiger partial charge in [-0.05, 0) is 24.5 Å². The quantitative estimate of drug-likeness (QED) is 0.907. The largest absolute Gasteiger partial charge is 0.488 e. The maximum Gasteiger partial charge on any atom is 0.130 e. The summed E-state index contributed by atoms with van der Waals surface area (Å²) in [6.07, 6.45) is 2.10. The lowest BCUT2D eigenvalue weighted by atomic mass is 9.95. The van der Waals surface area contributed by atoms with E-state index in [2.05, 4.69) is 18.2 Å². The van der Waals surface area contributed by atoms with Crippen LogP contribution in [0.4, 0.5) is 0 Å². The topological polar surface area (TPSA) is 35.2 Å². The lowest BCUT2D eigenvalue weighted by Gasteiger charge is -2.27. The molecule has 4 heteroatoms. The van der Waals surface area contributed by atoms with Crippen LogP contribution < -0.4 is 10.5 Å². The Bertz CT molecular complexity index is 601. The molecular weight excluding hydrogens is 293 g/mol. The van der Waals surface area contributed by atoms with E-state index in [1.807, 2.05) is 24.3 Å². The summed E-state index contributed by atoms with van der Waals surface area (Å²) in [6, 6.07) is 14.1. The highest BCUT2D eigenvalue weighted by atomic mass is 35.5. The Balaban J connectivity index is 0.00000147. The van der Waals surface area contributed by atoms with Gasteiger partial charge in [-0.2, -0.15) is 0 Å². The summed E-state index contributed by atoms with van der Waals surface area (Å²) in [5.74, 6) is 0.942. The predicted molar refractivity (Wildman–Crippen MR) is 85.9 cm³/mol. The fourth-order valence-corrected chi connectivity index (χ4v) is 2.76. The maximum absolute atomic E-state index is 6.29. The van der Waals surface area contributed by atoms with Crippen LogP contribution in [0.1, 0.15) is 12.0 Å². The Morgan fingerprint density at radius 2 is 1.85 bits per heavy atom. The Labute approximate surface area is 130 Å². The summed E-state index contributed by atoms with van der Waals surface area (Å²) >= 11 is 6.29. The normalized spacial score (nSPS) is 16.8. The third-order valence-electron chi connectivity index (χ3n) is 3.54. The van der Waals surface area contributed by atoms with Gasteiger partial charge in [-0.1, -0.05) is 48.0 Å². The average molecular weight is 310 g/mol. The predicted octanol–water partition coefficient (Wildman–Crippen LogP) is 4.08. The first-order chi connectivity index (χ1) is 9.29. The Morgan fingerprint density at radius 3 is 2.60 bits per heavy atom. The number of hydrogen-bond donors (Lipinski definition) is 1. The number of nitrogens with two attached hydrogens (primary N) is 1. The van der Waals surface area contributed by atoms with Crippen LogP contribution in [-0.4, -0.2) is 12.6 Å². The van der Waals surface area contributed by atoms with Gasteiger partial charge in [-0.3, -0.25) is 0 Å². The second-order valence-electron chi connectivity index (χ2n) is 4.79. The second kappa shape index (κ2) is 6.49. The van der Waals surface area contributed by atoms with Crippen molar-refractivity contribution in [3.05, 3.63) is 53.1 Å². The molecule has 106 valence electrons. The van der Waals surface area contributed by atoms with E-state index in [1.54, 1.807) is 0 Å². The Kier molecular flexibility index (Phi) is 4.92. The molecule has 1 atom stereocenters. The van der Waals surface area contributed by atoms with Gasteiger partial charge in [0.25, 0.3) is 0 Å². The fourth-order valence-electron chi connectivity index (χ4n) is 2.52. The van der Waals surface area contributed by atoms with E-state index < -0.39 is 0 Å². The fraction of sp³-hybridized carbons (Fsp3) is 0.250. The molecule has 2 aromatic rings. The van der Waals surface area contributed by atoms with Gasteiger partial charge in [0, 0.05) is 22.7 Å². The summed E-state index contributed by atoms with van der Waals surface area (Å²) in [6.45, 7) is 0.552. The monoisotopic (exact) mass is 309 g/mol. The van der Waals surface area contributed by atoms with Gasteiger partial charge in [0.05, 0.1) is 0 Å². The van der Waals surface area contributed by atoms with Gasteiger partial charge < -0.3 is 10.5 Å². The van der Waals surface area contributed by atoms with E-state index in [0.29, 0.717) is 6.54 Å². The molecule has 0 saturated heterocycles. The minimum Gasteiger partial charge on any atom is -0.488 e. The lowest BCUT2D eigenvalue weighted by molar-refractivity contribution is 0.182. The molecule has 0 fully saturated rings. The maximum atomic E-state index is 6.29. The van der Waals surface area contributed by atoms with Crippen molar-refractivity contribution in [2.45, 2.75) is 18.9 Å². The molecule has 0 aliphatic carbocycles. The highest BCUT2D eigenvalue weighted by Crippen LogP contribution is 2.40. The molecule has 0 bridgehead atoms. The van der Waals surface area contributed by atoms with Crippen LogP contribution in [0.15, 0.2) is 42.5 Å². The third kappa shape index (κ3) is 2.78. The van der Waals surface area contributed by atoms with Gasteiger partial charge in [-0.25, -0.2) is 0 Å². The molecule has 0 saturated carbocycles. The highest BCUT2D eigenvalue weighted by Gasteiger charge is 2.22. The van der Waals surface area contributed by atoms with Crippen molar-refractivity contribution in [2.24, 2.45) is 5.73 Å². The number of fused-ring (bicyclic) bond motifs is 1. The molecule has 1 aliphatic rings. The molecule has 20 heavy (non-hydrogen) atoms. The second-order valence-corrected chi connectivity index (χ2v) is 5.20. The first-order valence-electron chi connectivity index (χ1n) is 6.53. The van der Waals surface area contributed by atoms with Crippen LogP contribution >= 0.6 is 24.0 Å². The Morgan fingerprint density at radius 1 is 1.10 bits per heavy atom. The van der Waals surface area contributed by atoms with Gasteiger partial charge in [-0.15, -0.1) is 12.4 Å². The summed E-state index contributed by atoms with van der Waals surface area (Å²) < 4.78 is 6.04. The van der Waals surface area contributed by atoms with Crippen LogP contribution in [-0.2, 0) is 6.42 Å². The highest BCUT2D eigenvalue weighted by molar-refractivity contribution is 6.33. The molecule has 1 heterocycles. The van der Waals surface area contributed by atoms with E-state index in [-0.39, 0.29) is 18.5 Å². The van der Waals surface area contributed by atoms with Crippen molar-refractivity contribution in [3.8, 4) is 16.9 Å². The van der Waals surface area contributed by atoms with Crippen molar-refractivity contribution < 1.29 is 4.74 Å². The number of benzene rings is 2. The lowest BCUT2D eigenvalue weighted by Crippen LogP contribution is -2.30. The third-order valence-corrected chi connectivity index (χ3v) is 3.87. The number of hydrogen-bond acceptors (Lipinski definition) is 2. The molecule has 0 radical (unpaired) electrons. The van der Waals surface area contributed by atoms with Crippen molar-refractivity contribution in [1.29, 1.82) is 0 Å². The zero-order valence-corrected chi connectivity index (χ0v) is 12.6. The molecule has 0 spiro atoms. The minimum atomic E-state index is 0. The van der Waals surface area contributed by atoms with E-state index in [0.717, 1.165) is 34.7 Å². The first-order valence-corrected chi connectivity index (χ1v) is 6.91. The molecule has 2 N–H and O–H groups in total. The molecule has 0 amide bonds. The number of halogens is 2. The van der Waals surface area contributed by atoms with Crippen LogP contribution in [0.3, 0.4) is 0 Å². The van der Waals surface area contributed by atoms with Gasteiger partial charge in [0.2, 0.25) is 0 Å². The van der Waals surface area contributed by atoms with Crippen LogP contribution in [0.2, 0.25) is 5.02 Å². The van der Waals surface area contributed by atoms with Crippen LogP contribution in [0, 0.1) is 0 Å². The first kappa shape index (κ1) is 15.2. The van der Waals surface area contributed by atoms with E-state index in [1.165, 1.54) is 5.56 Å². The van der Waals surface area contributed by atoms with Crippen molar-refractivity contribution in [2.75, 3.05) is 6.54 Å². The number of aryl methyl sites for hydroxylation is 1. The molecule has 0 unspecified atom stereocenters. The van der Waals surface area contributed by atoms with Crippen LogP contribution in [0.5, 0.6) is 5.75 Å². The Hall–Kier alpha value is -1.22. The summed E-state index contributed by atoms with van der Waals surface area (Å²) in [5, 5.41) is 0.745. The van der Waals surface area contributed by atoms with Crippen molar-refractivity contribution in [3.63, 3.8) is 0 Å². The van der Waals surface area contributed by atoms with Crippen LogP contribution in [0.25, 0.3) is 11.1 Å². The van der Waals surface area contributed by atoms with Gasteiger partial charge in [0.1, 0.15) is 11.9 Å². The van der Waals surface area contributed by atoms with E-state index in [4.69, 9.17) is 22.1 Å². The van der Waals surface area contributed by atoms with Gasteiger partial charge in [0.15, 0.2) is 0 Å². The van der Waals surface area contributed by atoms with E-state index >= 15 is 0 Å². The molecule has 2 aromatic carbocycles. The number of ether oxygens (including phenoxy) is 1. The smallest absolute Gasteiger partial charge is 0.130 e. The summed E-state index contributed by atoms with van der Waals surface area (Å²) in [7, 11) is 0. The number of para-hydroxylation sites is 1. The standard InChI is InChI=1S/C16H16ClNO.ClH/c17-15-7-2-1-5-13(15)14-6-3-4-11-8-9-12(10-18)19-16(11)14;/h1-7,12H,8-10,18H2;1H/t12-;/m0./s1. The molecular formula is C16H17Cl2NO. The zero-order chi connectivity index (χ0) is 13.2. The average Bonchev–Trinajstić information content (AvgIpc) is 2.47. The van der Waals surface area contributed by atoms with Gasteiger partial charge >= 0.3 is 0 Å². The summed E-state index contributed by atoms with van der Waals surface area (Å²) in [5.41, 5.74) is 9.04. The zero-order valence-electron chi connectivity index (χ0n) is 11.0. The number of rotatable bonds is 2. The molecule has 3 rings (SSSR count). The molecule has 1 aliphatic heterocycles. The van der Waals surface area contributed by atoms with Crippen molar-refractivity contribution >= 4 is 24.0 Å². The van der Waals surface area contributed by atoms with E-state index in [9.17, 15) is 0 Å².